The molecule has 8 nitrogen and oxygen atoms in total. The summed E-state index contributed by atoms with van der Waals surface area (Å²) in [7, 11) is 0. The second kappa shape index (κ2) is 7.02. The number of hydrogen-bond donors (Lipinski definition) is 1. The highest BCUT2D eigenvalue weighted by atomic mass is 16.3. The van der Waals surface area contributed by atoms with Gasteiger partial charge in [-0.15, -0.1) is 0 Å². The molecule has 3 aromatic rings. The summed E-state index contributed by atoms with van der Waals surface area (Å²) < 4.78 is 7.90. The standard InChI is InChI=1S/C19H23N5O3/c1-12-5-3-6-14(13(12)2)21-18(25)10-23-19(26)16-9-15(17-7-4-8-27-17)22-24(16)11-20-23/h4,7-9,11-14H,3,5-6,10H2,1-2H3,(H,21,25)/t12-,13+,14+/m1/s1. The third-order valence-electron chi connectivity index (χ3n) is 5.61. The Hall–Kier alpha value is -2.90. The monoisotopic (exact) mass is 369 g/mol. The smallest absolute Gasteiger partial charge is 0.293 e. The quantitative estimate of drug-likeness (QED) is 0.760. The number of carbonyl (C=O) groups is 1. The lowest BCUT2D eigenvalue weighted by Crippen LogP contribution is -2.45. The SMILES string of the molecule is C[C@H]1[C@H](C)CCC[C@@H]1NC(=O)Cn1ncn2nc(-c3ccco3)cc2c1=O. The molecule has 0 aliphatic heterocycles. The molecule has 1 aliphatic carbocycles. The summed E-state index contributed by atoms with van der Waals surface area (Å²) >= 11 is 0. The van der Waals surface area contributed by atoms with Crippen molar-refractivity contribution in [3.63, 3.8) is 0 Å². The molecule has 1 amide bonds. The van der Waals surface area contributed by atoms with E-state index in [4.69, 9.17) is 4.42 Å². The van der Waals surface area contributed by atoms with Crippen molar-refractivity contribution < 1.29 is 9.21 Å². The van der Waals surface area contributed by atoms with Crippen LogP contribution in [0.2, 0.25) is 0 Å². The molecule has 0 unspecified atom stereocenters. The summed E-state index contributed by atoms with van der Waals surface area (Å²) in [5, 5.41) is 11.5. The van der Waals surface area contributed by atoms with Crippen molar-refractivity contribution in [3.05, 3.63) is 41.1 Å². The summed E-state index contributed by atoms with van der Waals surface area (Å²) in [5.41, 5.74) is 0.540. The van der Waals surface area contributed by atoms with Gasteiger partial charge in [0.25, 0.3) is 5.56 Å². The predicted octanol–water partition coefficient (Wildman–Crippen LogP) is 2.09. The van der Waals surface area contributed by atoms with Gasteiger partial charge in [0, 0.05) is 12.1 Å². The summed E-state index contributed by atoms with van der Waals surface area (Å²) in [5.74, 6) is 1.40. The van der Waals surface area contributed by atoms with Crippen LogP contribution in [0.25, 0.3) is 17.0 Å². The van der Waals surface area contributed by atoms with Crippen LogP contribution in [0.3, 0.4) is 0 Å². The van der Waals surface area contributed by atoms with E-state index in [0.29, 0.717) is 28.8 Å². The van der Waals surface area contributed by atoms with Crippen molar-refractivity contribution in [2.75, 3.05) is 0 Å². The van der Waals surface area contributed by atoms with Gasteiger partial charge >= 0.3 is 0 Å². The van der Waals surface area contributed by atoms with Crippen molar-refractivity contribution in [1.29, 1.82) is 0 Å². The number of amides is 1. The minimum atomic E-state index is -0.358. The van der Waals surface area contributed by atoms with Crippen molar-refractivity contribution in [2.45, 2.75) is 45.7 Å². The third kappa shape index (κ3) is 3.39. The fourth-order valence-corrected chi connectivity index (χ4v) is 3.77. The number of rotatable bonds is 4. The summed E-state index contributed by atoms with van der Waals surface area (Å²) in [4.78, 5) is 25.1. The largest absolute Gasteiger partial charge is 0.463 e. The van der Waals surface area contributed by atoms with Crippen LogP contribution in [0.15, 0.2) is 40.0 Å². The van der Waals surface area contributed by atoms with Crippen molar-refractivity contribution in [3.8, 4) is 11.5 Å². The molecule has 0 spiro atoms. The minimum Gasteiger partial charge on any atom is -0.463 e. The van der Waals surface area contributed by atoms with E-state index in [1.54, 1.807) is 24.5 Å². The number of furan rings is 1. The van der Waals surface area contributed by atoms with Crippen LogP contribution in [-0.2, 0) is 11.3 Å². The summed E-state index contributed by atoms with van der Waals surface area (Å²) in [6.45, 7) is 4.29. The molecule has 27 heavy (non-hydrogen) atoms. The molecular formula is C19H23N5O3. The maximum absolute atomic E-state index is 12.7. The first kappa shape index (κ1) is 17.5. The van der Waals surface area contributed by atoms with Gasteiger partial charge in [-0.3, -0.25) is 9.59 Å². The van der Waals surface area contributed by atoms with Crippen LogP contribution >= 0.6 is 0 Å². The molecule has 4 rings (SSSR count). The van der Waals surface area contributed by atoms with E-state index in [2.05, 4.69) is 29.4 Å². The lowest BCUT2D eigenvalue weighted by molar-refractivity contribution is -0.123. The first-order valence-electron chi connectivity index (χ1n) is 9.31. The van der Waals surface area contributed by atoms with Gasteiger partial charge in [-0.05, 0) is 30.4 Å². The fourth-order valence-electron chi connectivity index (χ4n) is 3.77. The Kier molecular flexibility index (Phi) is 4.55. The number of hydrogen-bond acceptors (Lipinski definition) is 5. The molecule has 0 aromatic carbocycles. The van der Waals surface area contributed by atoms with E-state index in [0.717, 1.165) is 12.8 Å². The molecule has 1 fully saturated rings. The zero-order valence-electron chi connectivity index (χ0n) is 15.5. The van der Waals surface area contributed by atoms with Gasteiger partial charge in [-0.25, -0.2) is 9.20 Å². The molecule has 0 saturated heterocycles. The minimum absolute atomic E-state index is 0.103. The second-order valence-electron chi connectivity index (χ2n) is 7.37. The number of fused-ring (bicyclic) bond motifs is 1. The van der Waals surface area contributed by atoms with E-state index in [9.17, 15) is 9.59 Å². The molecule has 3 heterocycles. The molecular weight excluding hydrogens is 346 g/mol. The number of aromatic nitrogens is 4. The fraction of sp³-hybridized carbons (Fsp3) is 0.474. The number of nitrogens with zero attached hydrogens (tertiary/aromatic N) is 4. The lowest BCUT2D eigenvalue weighted by atomic mass is 9.78. The van der Waals surface area contributed by atoms with Crippen LogP contribution in [0, 0.1) is 11.8 Å². The van der Waals surface area contributed by atoms with Crippen LogP contribution in [-0.4, -0.2) is 31.3 Å². The summed E-state index contributed by atoms with van der Waals surface area (Å²) in [6, 6.07) is 5.32. The molecule has 0 radical (unpaired) electrons. The van der Waals surface area contributed by atoms with Crippen molar-refractivity contribution >= 4 is 11.4 Å². The Balaban J connectivity index is 1.52. The first-order chi connectivity index (χ1) is 13.0. The Morgan fingerprint density at radius 2 is 2.22 bits per heavy atom. The Morgan fingerprint density at radius 1 is 1.37 bits per heavy atom. The average Bonchev–Trinajstić information content (AvgIpc) is 3.31. The normalized spacial score (nSPS) is 22.8. The van der Waals surface area contributed by atoms with Gasteiger partial charge in [0.15, 0.2) is 5.76 Å². The van der Waals surface area contributed by atoms with E-state index in [-0.39, 0.29) is 24.1 Å². The second-order valence-corrected chi connectivity index (χ2v) is 7.37. The molecule has 3 atom stereocenters. The molecule has 0 bridgehead atoms. The van der Waals surface area contributed by atoms with Crippen LogP contribution in [0.5, 0.6) is 0 Å². The van der Waals surface area contributed by atoms with Gasteiger partial charge in [0.05, 0.1) is 6.26 Å². The van der Waals surface area contributed by atoms with E-state index >= 15 is 0 Å². The Labute approximate surface area is 156 Å². The predicted molar refractivity (Wildman–Crippen MR) is 99.1 cm³/mol. The molecule has 1 N–H and O–H groups in total. The first-order valence-corrected chi connectivity index (χ1v) is 9.31. The molecule has 1 aliphatic rings. The molecule has 142 valence electrons. The van der Waals surface area contributed by atoms with Crippen molar-refractivity contribution in [2.24, 2.45) is 11.8 Å². The highest BCUT2D eigenvalue weighted by Gasteiger charge is 2.28. The van der Waals surface area contributed by atoms with Crippen LogP contribution in [0.4, 0.5) is 0 Å². The average molecular weight is 369 g/mol. The van der Waals surface area contributed by atoms with Gasteiger partial charge < -0.3 is 9.73 Å². The van der Waals surface area contributed by atoms with Crippen molar-refractivity contribution in [1.82, 2.24) is 24.7 Å². The maximum atomic E-state index is 12.7. The van der Waals surface area contributed by atoms with E-state index in [1.807, 2.05) is 0 Å². The highest BCUT2D eigenvalue weighted by molar-refractivity contribution is 5.76. The molecule has 3 aromatic heterocycles. The van der Waals surface area contributed by atoms with Gasteiger partial charge in [-0.2, -0.15) is 10.2 Å². The lowest BCUT2D eigenvalue weighted by Gasteiger charge is -2.34. The van der Waals surface area contributed by atoms with Gasteiger partial charge in [-0.1, -0.05) is 26.7 Å². The van der Waals surface area contributed by atoms with Gasteiger partial charge in [0.1, 0.15) is 24.1 Å². The van der Waals surface area contributed by atoms with Crippen LogP contribution in [0.1, 0.15) is 33.1 Å². The number of carbonyl (C=O) groups excluding carboxylic acids is 1. The Morgan fingerprint density at radius 3 is 3.00 bits per heavy atom. The zero-order valence-corrected chi connectivity index (χ0v) is 15.5. The number of nitrogens with one attached hydrogen (secondary N) is 1. The van der Waals surface area contributed by atoms with Crippen LogP contribution < -0.4 is 10.9 Å². The topological polar surface area (TPSA) is 94.4 Å². The summed E-state index contributed by atoms with van der Waals surface area (Å²) in [6.07, 6.45) is 6.28. The third-order valence-corrected chi connectivity index (χ3v) is 5.61. The Bertz CT molecular complexity index is 1000. The molecule has 8 heteroatoms. The van der Waals surface area contributed by atoms with E-state index < -0.39 is 0 Å². The highest BCUT2D eigenvalue weighted by Crippen LogP contribution is 2.29. The van der Waals surface area contributed by atoms with E-state index in [1.165, 1.54) is 21.9 Å². The van der Waals surface area contributed by atoms with Gasteiger partial charge in [0.2, 0.25) is 5.91 Å². The maximum Gasteiger partial charge on any atom is 0.293 e. The molecule has 1 saturated carbocycles. The zero-order chi connectivity index (χ0) is 19.0.